The fourth-order valence-corrected chi connectivity index (χ4v) is 3.22. The quantitative estimate of drug-likeness (QED) is 0.769. The molecule has 0 radical (unpaired) electrons. The van der Waals surface area contributed by atoms with Gasteiger partial charge in [0.2, 0.25) is 15.9 Å². The van der Waals surface area contributed by atoms with Crippen LogP contribution in [0.5, 0.6) is 0 Å². The Morgan fingerprint density at radius 1 is 1.53 bits per heavy atom. The average molecular weight is 286 g/mol. The third-order valence-corrected chi connectivity index (χ3v) is 5.16. The highest BCUT2D eigenvalue weighted by atomic mass is 32.2. The zero-order chi connectivity index (χ0) is 14.7. The molecule has 0 aromatic rings. The van der Waals surface area contributed by atoms with E-state index in [0.29, 0.717) is 19.4 Å². The minimum Gasteiger partial charge on any atom is -0.340 e. The highest BCUT2D eigenvalue weighted by Gasteiger charge is 2.32. The third kappa shape index (κ3) is 4.22. The molecular weight excluding hydrogens is 264 g/mol. The molecule has 1 atom stereocenters. The zero-order valence-electron chi connectivity index (χ0n) is 11.8. The number of amides is 1. The second kappa shape index (κ2) is 5.93. The number of piperidine rings is 1. The van der Waals surface area contributed by atoms with E-state index in [2.05, 4.69) is 11.2 Å². The van der Waals surface area contributed by atoms with Gasteiger partial charge in [0, 0.05) is 13.1 Å². The van der Waals surface area contributed by atoms with E-state index in [1.54, 1.807) is 20.8 Å². The number of sulfonamides is 1. The van der Waals surface area contributed by atoms with Gasteiger partial charge in [0.15, 0.2) is 0 Å². The summed E-state index contributed by atoms with van der Waals surface area (Å²) in [5.41, 5.74) is -0.705. The number of carbonyl (C=O) groups excluding carboxylic acids is 1. The van der Waals surface area contributed by atoms with E-state index in [9.17, 15) is 13.2 Å². The lowest BCUT2D eigenvalue weighted by Gasteiger charge is -2.32. The first-order valence-electron chi connectivity index (χ1n) is 6.49. The molecule has 0 aromatic carbocycles. The van der Waals surface area contributed by atoms with E-state index in [1.165, 1.54) is 4.31 Å². The van der Waals surface area contributed by atoms with Crippen LogP contribution in [0, 0.1) is 18.3 Å². The smallest absolute Gasteiger partial charge is 0.225 e. The van der Waals surface area contributed by atoms with Gasteiger partial charge in [-0.1, -0.05) is 5.92 Å². The predicted octanol–water partition coefficient (Wildman–Crippen LogP) is 0.576. The van der Waals surface area contributed by atoms with Gasteiger partial charge in [-0.2, -0.15) is 0 Å². The Morgan fingerprint density at radius 3 is 2.68 bits per heavy atom. The summed E-state index contributed by atoms with van der Waals surface area (Å²) in [5.74, 6) is 2.08. The molecule has 1 rings (SSSR count). The second-order valence-corrected chi connectivity index (χ2v) is 7.61. The lowest BCUT2D eigenvalue weighted by atomic mass is 9.97. The maximum Gasteiger partial charge on any atom is 0.225 e. The van der Waals surface area contributed by atoms with Crippen molar-refractivity contribution in [2.45, 2.75) is 39.2 Å². The molecule has 19 heavy (non-hydrogen) atoms. The van der Waals surface area contributed by atoms with Crippen LogP contribution in [0.1, 0.15) is 33.6 Å². The highest BCUT2D eigenvalue weighted by Crippen LogP contribution is 2.20. The van der Waals surface area contributed by atoms with E-state index < -0.39 is 15.6 Å². The number of nitrogens with one attached hydrogen (secondary N) is 1. The molecule has 1 saturated heterocycles. The summed E-state index contributed by atoms with van der Waals surface area (Å²) in [5, 5.41) is 2.77. The fourth-order valence-electron chi connectivity index (χ4n) is 2.04. The second-order valence-electron chi connectivity index (χ2n) is 5.36. The lowest BCUT2D eigenvalue weighted by Crippen LogP contribution is -2.50. The van der Waals surface area contributed by atoms with Crippen LogP contribution in [0.2, 0.25) is 0 Å². The molecule has 1 N–H and O–H groups in total. The van der Waals surface area contributed by atoms with Gasteiger partial charge in [-0.15, -0.1) is 6.42 Å². The van der Waals surface area contributed by atoms with Gasteiger partial charge in [-0.05, 0) is 33.6 Å². The third-order valence-electron chi connectivity index (χ3n) is 3.31. The van der Waals surface area contributed by atoms with E-state index in [1.807, 2.05) is 0 Å². The molecule has 1 aliphatic heterocycles. The summed E-state index contributed by atoms with van der Waals surface area (Å²) >= 11 is 0. The van der Waals surface area contributed by atoms with Crippen molar-refractivity contribution >= 4 is 15.9 Å². The summed E-state index contributed by atoms with van der Waals surface area (Å²) in [6.45, 7) is 5.85. The maximum atomic E-state index is 12.1. The van der Waals surface area contributed by atoms with Crippen molar-refractivity contribution in [2.24, 2.45) is 5.92 Å². The van der Waals surface area contributed by atoms with Crippen LogP contribution in [0.4, 0.5) is 0 Å². The first-order chi connectivity index (χ1) is 8.72. The average Bonchev–Trinajstić information content (AvgIpc) is 2.38. The Hall–Kier alpha value is -1.06. The van der Waals surface area contributed by atoms with Crippen molar-refractivity contribution in [3.8, 4) is 12.3 Å². The summed E-state index contributed by atoms with van der Waals surface area (Å²) < 4.78 is 25.1. The largest absolute Gasteiger partial charge is 0.340 e. The van der Waals surface area contributed by atoms with E-state index in [0.717, 1.165) is 0 Å². The minimum absolute atomic E-state index is 0.0667. The summed E-state index contributed by atoms with van der Waals surface area (Å²) in [4.78, 5) is 12.1. The van der Waals surface area contributed by atoms with Crippen molar-refractivity contribution in [1.29, 1.82) is 0 Å². The molecular formula is C13H22N2O3S. The minimum atomic E-state index is -3.22. The SMILES string of the molecule is C#CC(C)(C)NC(=O)C1CCCN(S(=O)(=O)CC)C1. The molecule has 0 spiro atoms. The molecule has 0 aliphatic carbocycles. The first-order valence-corrected chi connectivity index (χ1v) is 8.10. The molecule has 0 aromatic heterocycles. The van der Waals surface area contributed by atoms with Crippen molar-refractivity contribution in [1.82, 2.24) is 9.62 Å². The first kappa shape index (κ1) is 16.0. The van der Waals surface area contributed by atoms with Crippen LogP contribution >= 0.6 is 0 Å². The number of rotatable bonds is 4. The topological polar surface area (TPSA) is 66.5 Å². The Bertz CT molecular complexity index is 477. The van der Waals surface area contributed by atoms with E-state index in [4.69, 9.17) is 6.42 Å². The molecule has 1 fully saturated rings. The standard InChI is InChI=1S/C13H22N2O3S/c1-5-13(3,4)14-12(16)11-8-7-9-15(10-11)19(17,18)6-2/h1,11H,6-10H2,2-4H3,(H,14,16). The van der Waals surface area contributed by atoms with Gasteiger partial charge in [-0.25, -0.2) is 12.7 Å². The van der Waals surface area contributed by atoms with Crippen molar-refractivity contribution < 1.29 is 13.2 Å². The predicted molar refractivity (Wildman–Crippen MR) is 74.8 cm³/mol. The summed E-state index contributed by atoms with van der Waals surface area (Å²) in [6, 6.07) is 0. The zero-order valence-corrected chi connectivity index (χ0v) is 12.6. The molecule has 6 heteroatoms. The molecule has 0 bridgehead atoms. The van der Waals surface area contributed by atoms with Gasteiger partial charge in [-0.3, -0.25) is 4.79 Å². The van der Waals surface area contributed by atoms with Gasteiger partial charge in [0.25, 0.3) is 0 Å². The van der Waals surface area contributed by atoms with Crippen LogP contribution in [0.3, 0.4) is 0 Å². The number of hydrogen-bond donors (Lipinski definition) is 1. The van der Waals surface area contributed by atoms with Crippen LogP contribution in [0.25, 0.3) is 0 Å². The molecule has 1 amide bonds. The van der Waals surface area contributed by atoms with Crippen LogP contribution in [0.15, 0.2) is 0 Å². The monoisotopic (exact) mass is 286 g/mol. The molecule has 1 aliphatic rings. The maximum absolute atomic E-state index is 12.1. The van der Waals surface area contributed by atoms with Gasteiger partial charge < -0.3 is 5.32 Å². The number of terminal acetylenes is 1. The van der Waals surface area contributed by atoms with Gasteiger partial charge >= 0.3 is 0 Å². The fraction of sp³-hybridized carbons (Fsp3) is 0.769. The van der Waals surface area contributed by atoms with Gasteiger partial charge in [0.1, 0.15) is 0 Å². The van der Waals surface area contributed by atoms with Crippen LogP contribution in [-0.2, 0) is 14.8 Å². The molecule has 108 valence electrons. The van der Waals surface area contributed by atoms with Gasteiger partial charge in [0.05, 0.1) is 17.2 Å². The molecule has 0 saturated carbocycles. The van der Waals surface area contributed by atoms with Crippen molar-refractivity contribution in [3.05, 3.63) is 0 Å². The number of carbonyl (C=O) groups is 1. The Balaban J connectivity index is 2.71. The number of nitrogens with zero attached hydrogens (tertiary/aromatic N) is 1. The Morgan fingerprint density at radius 2 is 2.16 bits per heavy atom. The Labute approximate surface area is 115 Å². The van der Waals surface area contributed by atoms with E-state index in [-0.39, 0.29) is 24.1 Å². The lowest BCUT2D eigenvalue weighted by molar-refractivity contribution is -0.127. The molecule has 1 heterocycles. The Kier molecular flexibility index (Phi) is 4.99. The normalized spacial score (nSPS) is 21.7. The highest BCUT2D eigenvalue weighted by molar-refractivity contribution is 7.89. The van der Waals surface area contributed by atoms with Crippen LogP contribution in [-0.4, -0.2) is 43.0 Å². The van der Waals surface area contributed by atoms with E-state index >= 15 is 0 Å². The molecule has 5 nitrogen and oxygen atoms in total. The van der Waals surface area contributed by atoms with Crippen molar-refractivity contribution in [2.75, 3.05) is 18.8 Å². The number of hydrogen-bond acceptors (Lipinski definition) is 3. The summed E-state index contributed by atoms with van der Waals surface area (Å²) in [6.07, 6.45) is 6.73. The van der Waals surface area contributed by atoms with Crippen molar-refractivity contribution in [3.63, 3.8) is 0 Å². The molecule has 1 unspecified atom stereocenters. The van der Waals surface area contributed by atoms with Crippen LogP contribution < -0.4 is 5.32 Å². The summed E-state index contributed by atoms with van der Waals surface area (Å²) in [7, 11) is -3.22.